The number of hydrogen-bond acceptors (Lipinski definition) is 6. The molecule has 3 aromatic rings. The summed E-state index contributed by atoms with van der Waals surface area (Å²) in [7, 11) is 0. The Hall–Kier alpha value is -3.66. The van der Waals surface area contributed by atoms with Crippen molar-refractivity contribution in [3.63, 3.8) is 0 Å². The molecule has 1 N–H and O–H groups in total. The standard InChI is InChI=1S/C28H29F3N4O3/c1-16(2)35-9-10-38-27-22(30)13-18(14-24(27)35)26-23(31)15-32-25(33-26)12-17-3-4-20(21(29)11-17)28(37)34-7-5-19(36)6-8-34/h3-4,11,13-16,19,36H,5-10,12H2,1-2H3. The molecule has 0 atom stereocenters. The molecule has 0 aliphatic carbocycles. The number of amides is 1. The fourth-order valence-electron chi connectivity index (χ4n) is 4.93. The normalized spacial score (nSPS) is 16.0. The number of anilines is 1. The first-order valence-corrected chi connectivity index (χ1v) is 12.7. The molecule has 10 heteroatoms. The van der Waals surface area contributed by atoms with Crippen molar-refractivity contribution in [1.29, 1.82) is 0 Å². The Morgan fingerprint density at radius 2 is 1.84 bits per heavy atom. The van der Waals surface area contributed by atoms with E-state index >= 15 is 0 Å². The molecule has 1 saturated heterocycles. The summed E-state index contributed by atoms with van der Waals surface area (Å²) < 4.78 is 50.2. The summed E-state index contributed by atoms with van der Waals surface area (Å²) in [5.41, 5.74) is 1.17. The number of benzene rings is 2. The molecule has 5 rings (SSSR count). The number of carbonyl (C=O) groups excluding carboxylic acids is 1. The molecular weight excluding hydrogens is 497 g/mol. The third-order valence-electron chi connectivity index (χ3n) is 6.98. The first-order chi connectivity index (χ1) is 18.2. The lowest BCUT2D eigenvalue weighted by molar-refractivity contribution is 0.0542. The van der Waals surface area contributed by atoms with E-state index in [0.29, 0.717) is 50.3 Å². The summed E-state index contributed by atoms with van der Waals surface area (Å²) in [6, 6.07) is 7.21. The summed E-state index contributed by atoms with van der Waals surface area (Å²) in [6.07, 6.45) is 1.60. The van der Waals surface area contributed by atoms with Crippen molar-refractivity contribution in [3.05, 3.63) is 70.9 Å². The van der Waals surface area contributed by atoms with Crippen molar-refractivity contribution in [2.24, 2.45) is 0 Å². The van der Waals surface area contributed by atoms with Gasteiger partial charge >= 0.3 is 0 Å². The van der Waals surface area contributed by atoms with E-state index in [1.165, 1.54) is 23.1 Å². The SMILES string of the molecule is CC(C)N1CCOc2c(F)cc(-c3nc(Cc4ccc(C(=O)N5CCC(O)CC5)c(F)c4)ncc3F)cc21. The van der Waals surface area contributed by atoms with Gasteiger partial charge in [0.1, 0.15) is 23.9 Å². The predicted molar refractivity (Wildman–Crippen MR) is 136 cm³/mol. The Morgan fingerprint density at radius 1 is 1.08 bits per heavy atom. The maximum atomic E-state index is 14.9. The van der Waals surface area contributed by atoms with Gasteiger partial charge in [0, 0.05) is 31.1 Å². The van der Waals surface area contributed by atoms with E-state index in [4.69, 9.17) is 4.74 Å². The van der Waals surface area contributed by atoms with Gasteiger partial charge in [-0.25, -0.2) is 23.1 Å². The van der Waals surface area contributed by atoms with Gasteiger partial charge in [0.05, 0.1) is 30.1 Å². The van der Waals surface area contributed by atoms with Crippen molar-refractivity contribution in [1.82, 2.24) is 14.9 Å². The van der Waals surface area contributed by atoms with E-state index < -0.39 is 29.5 Å². The maximum absolute atomic E-state index is 14.9. The molecule has 7 nitrogen and oxygen atoms in total. The van der Waals surface area contributed by atoms with Crippen molar-refractivity contribution in [2.75, 3.05) is 31.1 Å². The molecule has 0 radical (unpaired) electrons. The molecule has 0 unspecified atom stereocenters. The fraction of sp³-hybridized carbons (Fsp3) is 0.393. The van der Waals surface area contributed by atoms with Gasteiger partial charge in [-0.1, -0.05) is 6.07 Å². The third kappa shape index (κ3) is 5.18. The average molecular weight is 527 g/mol. The van der Waals surface area contributed by atoms with E-state index in [2.05, 4.69) is 9.97 Å². The Kier molecular flexibility index (Phi) is 7.25. The first kappa shape index (κ1) is 26.0. The Balaban J connectivity index is 1.39. The zero-order valence-electron chi connectivity index (χ0n) is 21.3. The largest absolute Gasteiger partial charge is 0.486 e. The topological polar surface area (TPSA) is 78.8 Å². The number of aliphatic hydroxyl groups excluding tert-OH is 1. The monoisotopic (exact) mass is 526 g/mol. The van der Waals surface area contributed by atoms with Crippen LogP contribution in [0.15, 0.2) is 36.5 Å². The number of aromatic nitrogens is 2. The first-order valence-electron chi connectivity index (χ1n) is 12.7. The molecule has 2 aliphatic heterocycles. The van der Waals surface area contributed by atoms with Gasteiger partial charge in [-0.3, -0.25) is 4.79 Å². The van der Waals surface area contributed by atoms with Crippen LogP contribution >= 0.6 is 0 Å². The minimum Gasteiger partial charge on any atom is -0.486 e. The van der Waals surface area contributed by atoms with Crippen LogP contribution in [0, 0.1) is 17.5 Å². The lowest BCUT2D eigenvalue weighted by Crippen LogP contribution is -2.40. The van der Waals surface area contributed by atoms with Gasteiger partial charge in [0.25, 0.3) is 5.91 Å². The minimum atomic E-state index is -0.709. The quantitative estimate of drug-likeness (QED) is 0.533. The van der Waals surface area contributed by atoms with Gasteiger partial charge in [-0.05, 0) is 56.5 Å². The van der Waals surface area contributed by atoms with Crippen LogP contribution in [0.5, 0.6) is 5.75 Å². The smallest absolute Gasteiger partial charge is 0.256 e. The summed E-state index contributed by atoms with van der Waals surface area (Å²) in [5.74, 6) is -2.05. The zero-order valence-corrected chi connectivity index (χ0v) is 21.3. The highest BCUT2D eigenvalue weighted by molar-refractivity contribution is 5.94. The number of nitrogens with zero attached hydrogens (tertiary/aromatic N) is 4. The number of likely N-dealkylation sites (tertiary alicyclic amines) is 1. The van der Waals surface area contributed by atoms with Crippen molar-refractivity contribution >= 4 is 11.6 Å². The van der Waals surface area contributed by atoms with E-state index in [1.54, 1.807) is 12.1 Å². The molecule has 38 heavy (non-hydrogen) atoms. The highest BCUT2D eigenvalue weighted by Crippen LogP contribution is 2.39. The molecule has 0 saturated carbocycles. The maximum Gasteiger partial charge on any atom is 0.256 e. The molecule has 2 aliphatic rings. The molecule has 1 aromatic heterocycles. The highest BCUT2D eigenvalue weighted by atomic mass is 19.1. The number of hydrogen-bond donors (Lipinski definition) is 1. The molecule has 1 fully saturated rings. The van der Waals surface area contributed by atoms with Gasteiger partial charge in [0.15, 0.2) is 17.4 Å². The van der Waals surface area contributed by atoms with Crippen molar-refractivity contribution in [2.45, 2.75) is 45.3 Å². The van der Waals surface area contributed by atoms with Crippen LogP contribution in [0.3, 0.4) is 0 Å². The number of halogens is 3. The summed E-state index contributed by atoms with van der Waals surface area (Å²) in [5, 5.41) is 9.65. The van der Waals surface area contributed by atoms with Crippen LogP contribution in [0.2, 0.25) is 0 Å². The van der Waals surface area contributed by atoms with E-state index in [1.807, 2.05) is 18.7 Å². The number of fused-ring (bicyclic) bond motifs is 1. The zero-order chi connectivity index (χ0) is 27.0. The Bertz CT molecular complexity index is 1360. The van der Waals surface area contributed by atoms with E-state index in [-0.39, 0.29) is 40.9 Å². The molecule has 1 amide bonds. The van der Waals surface area contributed by atoms with Crippen LogP contribution in [-0.2, 0) is 6.42 Å². The van der Waals surface area contributed by atoms with Gasteiger partial charge in [-0.2, -0.15) is 0 Å². The second kappa shape index (κ2) is 10.6. The average Bonchev–Trinajstić information content (AvgIpc) is 2.89. The summed E-state index contributed by atoms with van der Waals surface area (Å²) in [6.45, 7) is 5.65. The summed E-state index contributed by atoms with van der Waals surface area (Å²) in [4.78, 5) is 24.6. The van der Waals surface area contributed by atoms with Gasteiger partial charge in [-0.15, -0.1) is 0 Å². The molecule has 2 aromatic carbocycles. The van der Waals surface area contributed by atoms with Gasteiger partial charge in [0.2, 0.25) is 0 Å². The molecule has 3 heterocycles. The van der Waals surface area contributed by atoms with E-state index in [0.717, 1.165) is 6.20 Å². The molecular formula is C28H29F3N4O3. The highest BCUT2D eigenvalue weighted by Gasteiger charge is 2.27. The van der Waals surface area contributed by atoms with Crippen LogP contribution in [-0.4, -0.2) is 64.3 Å². The second-order valence-electron chi connectivity index (χ2n) is 9.94. The number of piperidine rings is 1. The van der Waals surface area contributed by atoms with Crippen LogP contribution in [0.1, 0.15) is 48.4 Å². The van der Waals surface area contributed by atoms with Crippen LogP contribution < -0.4 is 9.64 Å². The van der Waals surface area contributed by atoms with E-state index in [9.17, 15) is 23.1 Å². The predicted octanol–water partition coefficient (Wildman–Crippen LogP) is 4.36. The Morgan fingerprint density at radius 3 is 2.55 bits per heavy atom. The number of carbonyl (C=O) groups is 1. The Labute approximate surface area is 218 Å². The number of ether oxygens (including phenoxy) is 1. The number of aliphatic hydroxyl groups is 1. The van der Waals surface area contributed by atoms with Crippen molar-refractivity contribution in [3.8, 4) is 17.0 Å². The lowest BCUT2D eigenvalue weighted by atomic mass is 10.0. The minimum absolute atomic E-state index is 0.0488. The molecule has 0 spiro atoms. The second-order valence-corrected chi connectivity index (χ2v) is 9.94. The van der Waals surface area contributed by atoms with Crippen molar-refractivity contribution < 1.29 is 27.8 Å². The van der Waals surface area contributed by atoms with Gasteiger partial charge < -0.3 is 19.6 Å². The molecule has 200 valence electrons. The van der Waals surface area contributed by atoms with Crippen LogP contribution in [0.4, 0.5) is 18.9 Å². The third-order valence-corrected chi connectivity index (χ3v) is 6.98. The van der Waals surface area contributed by atoms with Crippen LogP contribution in [0.25, 0.3) is 11.3 Å². The lowest BCUT2D eigenvalue weighted by Gasteiger charge is -2.34. The summed E-state index contributed by atoms with van der Waals surface area (Å²) >= 11 is 0. The molecule has 0 bridgehead atoms. The fourth-order valence-corrected chi connectivity index (χ4v) is 4.93. The number of rotatable bonds is 5.